The molecule has 16 heavy (non-hydrogen) atoms. The summed E-state index contributed by atoms with van der Waals surface area (Å²) in [6.45, 7) is 1.18. The Balaban J connectivity index is 2.11. The molecule has 2 rings (SSSR count). The number of hydroxylamine groups is 2. The largest absolute Gasteiger partial charge is 0.305 e. The maximum absolute atomic E-state index is 11.7. The van der Waals surface area contributed by atoms with Gasteiger partial charge in [-0.15, -0.1) is 0 Å². The zero-order valence-corrected chi connectivity index (χ0v) is 10.1. The van der Waals surface area contributed by atoms with Gasteiger partial charge in [-0.3, -0.25) is 14.4 Å². The van der Waals surface area contributed by atoms with Gasteiger partial charge in [0.05, 0.1) is 13.2 Å². The van der Waals surface area contributed by atoms with Gasteiger partial charge in [0, 0.05) is 16.7 Å². The number of aromatic nitrogens is 1. The summed E-state index contributed by atoms with van der Waals surface area (Å²) < 4.78 is 2.12. The minimum absolute atomic E-state index is 0.0122. The molecule has 0 aromatic carbocycles. The van der Waals surface area contributed by atoms with Crippen molar-refractivity contribution in [2.24, 2.45) is 0 Å². The highest BCUT2D eigenvalue weighted by Gasteiger charge is 2.19. The first-order valence-corrected chi connectivity index (χ1v) is 5.75. The molecule has 0 aliphatic carbocycles. The summed E-state index contributed by atoms with van der Waals surface area (Å²) >= 11 is 3.25. The molecule has 0 N–H and O–H groups in total. The Morgan fingerprint density at radius 1 is 1.50 bits per heavy atom. The molecule has 5 nitrogen and oxygen atoms in total. The third kappa shape index (κ3) is 2.51. The van der Waals surface area contributed by atoms with E-state index in [0.29, 0.717) is 13.2 Å². The average molecular weight is 287 g/mol. The normalized spacial score (nSPS) is 15.4. The Morgan fingerprint density at radius 2 is 2.31 bits per heavy atom. The van der Waals surface area contributed by atoms with Crippen molar-refractivity contribution in [3.63, 3.8) is 0 Å². The van der Waals surface area contributed by atoms with E-state index in [1.54, 1.807) is 12.3 Å². The van der Waals surface area contributed by atoms with E-state index in [2.05, 4.69) is 15.9 Å². The summed E-state index contributed by atoms with van der Waals surface area (Å²) in [6, 6.07) is 3.07. The Labute approximate surface area is 101 Å². The van der Waals surface area contributed by atoms with E-state index >= 15 is 0 Å². The maximum atomic E-state index is 11.7. The standard InChI is InChI=1S/C10H11BrN2O3/c11-8-2-3-9(14)12(6-8)7-10(15)13-4-1-5-16-13/h2-3,6H,1,4-5,7H2. The molecule has 1 aromatic heterocycles. The van der Waals surface area contributed by atoms with Crippen LogP contribution in [0, 0.1) is 0 Å². The van der Waals surface area contributed by atoms with Gasteiger partial charge in [-0.2, -0.15) is 0 Å². The number of carbonyl (C=O) groups is 1. The van der Waals surface area contributed by atoms with Crippen LogP contribution in [0.1, 0.15) is 6.42 Å². The van der Waals surface area contributed by atoms with E-state index < -0.39 is 0 Å². The number of halogens is 1. The molecule has 0 atom stereocenters. The predicted molar refractivity (Wildman–Crippen MR) is 60.7 cm³/mol. The number of hydrogen-bond donors (Lipinski definition) is 0. The van der Waals surface area contributed by atoms with Crippen molar-refractivity contribution in [1.29, 1.82) is 0 Å². The number of pyridine rings is 1. The maximum Gasteiger partial charge on any atom is 0.266 e. The lowest BCUT2D eigenvalue weighted by atomic mass is 10.4. The number of nitrogens with zero attached hydrogens (tertiary/aromatic N) is 2. The Kier molecular flexibility index (Phi) is 3.40. The third-order valence-corrected chi connectivity index (χ3v) is 2.75. The Morgan fingerprint density at radius 3 is 3.00 bits per heavy atom. The van der Waals surface area contributed by atoms with Crippen LogP contribution in [0.4, 0.5) is 0 Å². The van der Waals surface area contributed by atoms with Crippen molar-refractivity contribution in [3.8, 4) is 0 Å². The molecule has 2 heterocycles. The lowest BCUT2D eigenvalue weighted by molar-refractivity contribution is -0.169. The van der Waals surface area contributed by atoms with Gasteiger partial charge in [-0.05, 0) is 28.4 Å². The van der Waals surface area contributed by atoms with Crippen LogP contribution < -0.4 is 5.56 Å². The zero-order chi connectivity index (χ0) is 11.5. The molecule has 0 unspecified atom stereocenters. The molecule has 86 valence electrons. The predicted octanol–water partition coefficient (Wildman–Crippen LogP) is 0.775. The first-order chi connectivity index (χ1) is 7.66. The van der Waals surface area contributed by atoms with E-state index in [0.717, 1.165) is 10.9 Å². The lowest BCUT2D eigenvalue weighted by Gasteiger charge is -2.14. The number of hydrogen-bond acceptors (Lipinski definition) is 3. The second-order valence-electron chi connectivity index (χ2n) is 3.50. The highest BCUT2D eigenvalue weighted by molar-refractivity contribution is 9.10. The van der Waals surface area contributed by atoms with E-state index in [4.69, 9.17) is 4.84 Å². The van der Waals surface area contributed by atoms with Gasteiger partial charge in [-0.1, -0.05) is 0 Å². The monoisotopic (exact) mass is 286 g/mol. The van der Waals surface area contributed by atoms with Gasteiger partial charge in [0.2, 0.25) is 0 Å². The summed E-state index contributed by atoms with van der Waals surface area (Å²) in [7, 11) is 0. The molecule has 1 amide bonds. The highest BCUT2D eigenvalue weighted by Crippen LogP contribution is 2.07. The van der Waals surface area contributed by atoms with Crippen molar-refractivity contribution < 1.29 is 9.63 Å². The molecule has 1 fully saturated rings. The van der Waals surface area contributed by atoms with E-state index in [-0.39, 0.29) is 18.0 Å². The SMILES string of the molecule is O=C(Cn1cc(Br)ccc1=O)N1CCCO1. The third-order valence-electron chi connectivity index (χ3n) is 2.28. The molecule has 1 aliphatic rings. The van der Waals surface area contributed by atoms with Crippen molar-refractivity contribution in [2.45, 2.75) is 13.0 Å². The Bertz CT molecular complexity index is 452. The minimum atomic E-state index is -0.198. The van der Waals surface area contributed by atoms with Crippen LogP contribution in [0.15, 0.2) is 27.6 Å². The van der Waals surface area contributed by atoms with Crippen molar-refractivity contribution in [3.05, 3.63) is 33.2 Å². The molecule has 0 saturated carbocycles. The molecule has 6 heteroatoms. The van der Waals surface area contributed by atoms with Gasteiger partial charge in [0.25, 0.3) is 11.5 Å². The molecule has 1 aromatic rings. The first kappa shape index (κ1) is 11.3. The molecular formula is C10H11BrN2O3. The van der Waals surface area contributed by atoms with Gasteiger partial charge >= 0.3 is 0 Å². The van der Waals surface area contributed by atoms with Gasteiger partial charge in [0.15, 0.2) is 0 Å². The first-order valence-electron chi connectivity index (χ1n) is 4.96. The average Bonchev–Trinajstić information content (AvgIpc) is 2.76. The smallest absolute Gasteiger partial charge is 0.266 e. The topological polar surface area (TPSA) is 51.5 Å². The fourth-order valence-corrected chi connectivity index (χ4v) is 1.87. The minimum Gasteiger partial charge on any atom is -0.305 e. The van der Waals surface area contributed by atoms with Gasteiger partial charge < -0.3 is 4.57 Å². The van der Waals surface area contributed by atoms with Crippen LogP contribution in [-0.2, 0) is 16.2 Å². The molecule has 0 spiro atoms. The van der Waals surface area contributed by atoms with Gasteiger partial charge in [-0.25, -0.2) is 5.06 Å². The summed E-state index contributed by atoms with van der Waals surface area (Å²) in [6.07, 6.45) is 2.44. The summed E-state index contributed by atoms with van der Waals surface area (Å²) in [5.41, 5.74) is -0.198. The number of rotatable bonds is 2. The zero-order valence-electron chi connectivity index (χ0n) is 8.56. The van der Waals surface area contributed by atoms with Crippen molar-refractivity contribution >= 4 is 21.8 Å². The van der Waals surface area contributed by atoms with Crippen molar-refractivity contribution in [2.75, 3.05) is 13.2 Å². The second kappa shape index (κ2) is 4.80. The number of carbonyl (C=O) groups excluding carboxylic acids is 1. The van der Waals surface area contributed by atoms with E-state index in [1.807, 2.05) is 0 Å². The van der Waals surface area contributed by atoms with E-state index in [9.17, 15) is 9.59 Å². The van der Waals surface area contributed by atoms with Crippen LogP contribution in [0.5, 0.6) is 0 Å². The molecule has 0 radical (unpaired) electrons. The van der Waals surface area contributed by atoms with Crippen LogP contribution in [0.3, 0.4) is 0 Å². The highest BCUT2D eigenvalue weighted by atomic mass is 79.9. The van der Waals surface area contributed by atoms with E-state index in [1.165, 1.54) is 15.7 Å². The van der Waals surface area contributed by atoms with Crippen LogP contribution >= 0.6 is 15.9 Å². The van der Waals surface area contributed by atoms with Crippen LogP contribution in [-0.4, -0.2) is 28.7 Å². The Hall–Kier alpha value is -1.14. The molecule has 1 saturated heterocycles. The fourth-order valence-electron chi connectivity index (χ4n) is 1.49. The lowest BCUT2D eigenvalue weighted by Crippen LogP contribution is -2.33. The molecule has 0 bridgehead atoms. The van der Waals surface area contributed by atoms with Gasteiger partial charge in [0.1, 0.15) is 6.54 Å². The second-order valence-corrected chi connectivity index (χ2v) is 4.41. The summed E-state index contributed by atoms with van der Waals surface area (Å²) in [4.78, 5) is 28.3. The van der Waals surface area contributed by atoms with Crippen molar-refractivity contribution in [1.82, 2.24) is 9.63 Å². The summed E-state index contributed by atoms with van der Waals surface area (Å²) in [5, 5.41) is 1.31. The number of amides is 1. The fraction of sp³-hybridized carbons (Fsp3) is 0.400. The summed E-state index contributed by atoms with van der Waals surface area (Å²) in [5.74, 6) is -0.197. The van der Waals surface area contributed by atoms with Crippen LogP contribution in [0.2, 0.25) is 0 Å². The quantitative estimate of drug-likeness (QED) is 0.807. The van der Waals surface area contributed by atoms with Crippen LogP contribution in [0.25, 0.3) is 0 Å². The molecular weight excluding hydrogens is 276 g/mol. The molecule has 1 aliphatic heterocycles.